The van der Waals surface area contributed by atoms with Crippen molar-refractivity contribution in [2.75, 3.05) is 0 Å². The van der Waals surface area contributed by atoms with E-state index in [0.717, 1.165) is 12.3 Å². The van der Waals surface area contributed by atoms with Crippen molar-refractivity contribution in [2.24, 2.45) is 0 Å². The van der Waals surface area contributed by atoms with Crippen LogP contribution in [0.15, 0.2) is 16.7 Å². The Morgan fingerprint density at radius 2 is 1.92 bits per heavy atom. The van der Waals surface area contributed by atoms with Crippen LogP contribution in [0.4, 0.5) is 13.2 Å². The van der Waals surface area contributed by atoms with Gasteiger partial charge in [0.1, 0.15) is 5.76 Å². The van der Waals surface area contributed by atoms with E-state index >= 15 is 0 Å². The van der Waals surface area contributed by atoms with E-state index in [0.29, 0.717) is 0 Å². The summed E-state index contributed by atoms with van der Waals surface area (Å²) in [6.07, 6.45) is -3.23. The van der Waals surface area contributed by atoms with Gasteiger partial charge in [0.25, 0.3) is 0 Å². The molecule has 1 aromatic rings. The van der Waals surface area contributed by atoms with E-state index in [1.807, 2.05) is 0 Å². The third-order valence-electron chi connectivity index (χ3n) is 1.52. The van der Waals surface area contributed by atoms with Crippen molar-refractivity contribution >= 4 is 0 Å². The Hall–Kier alpha value is -0.930. The van der Waals surface area contributed by atoms with E-state index < -0.39 is 11.7 Å². The van der Waals surface area contributed by atoms with Crippen LogP contribution >= 0.6 is 0 Å². The fourth-order valence-electron chi connectivity index (χ4n) is 1.00. The minimum atomic E-state index is -4.30. The number of rotatable bonds is 1. The molecule has 4 heteroatoms. The first-order chi connectivity index (χ1) is 5.43. The van der Waals surface area contributed by atoms with Gasteiger partial charge in [-0.25, -0.2) is 0 Å². The maximum absolute atomic E-state index is 12.2. The zero-order valence-electron chi connectivity index (χ0n) is 6.77. The van der Waals surface area contributed by atoms with Crippen molar-refractivity contribution in [2.45, 2.75) is 25.9 Å². The van der Waals surface area contributed by atoms with E-state index in [4.69, 9.17) is 4.42 Å². The van der Waals surface area contributed by atoms with Crippen molar-refractivity contribution < 1.29 is 17.6 Å². The first-order valence-electron chi connectivity index (χ1n) is 3.57. The van der Waals surface area contributed by atoms with Crippen LogP contribution in [-0.2, 0) is 6.18 Å². The van der Waals surface area contributed by atoms with Crippen molar-refractivity contribution in [1.82, 2.24) is 0 Å². The van der Waals surface area contributed by atoms with Crippen LogP contribution in [0.2, 0.25) is 0 Å². The molecule has 0 aromatic carbocycles. The van der Waals surface area contributed by atoms with Crippen LogP contribution in [0.25, 0.3) is 0 Å². The van der Waals surface area contributed by atoms with Gasteiger partial charge in [0.2, 0.25) is 0 Å². The zero-order chi connectivity index (χ0) is 9.35. The van der Waals surface area contributed by atoms with Crippen molar-refractivity contribution in [1.29, 1.82) is 0 Å². The SMILES string of the molecule is CC(C)c1occc1C(F)(F)F. The van der Waals surface area contributed by atoms with Crippen LogP contribution < -0.4 is 0 Å². The molecule has 0 fully saturated rings. The van der Waals surface area contributed by atoms with Gasteiger partial charge < -0.3 is 4.42 Å². The average Bonchev–Trinajstić information content (AvgIpc) is 2.30. The van der Waals surface area contributed by atoms with Gasteiger partial charge in [0, 0.05) is 5.92 Å². The molecule has 12 heavy (non-hydrogen) atoms. The van der Waals surface area contributed by atoms with Crippen LogP contribution in [0.1, 0.15) is 31.1 Å². The molecule has 0 bridgehead atoms. The predicted molar refractivity (Wildman–Crippen MR) is 37.8 cm³/mol. The van der Waals surface area contributed by atoms with Gasteiger partial charge in [-0.2, -0.15) is 13.2 Å². The molecule has 0 amide bonds. The average molecular weight is 178 g/mol. The predicted octanol–water partition coefficient (Wildman–Crippen LogP) is 3.42. The number of hydrogen-bond donors (Lipinski definition) is 0. The number of hydrogen-bond acceptors (Lipinski definition) is 1. The Bertz CT molecular complexity index is 260. The largest absolute Gasteiger partial charge is 0.468 e. The molecule has 1 rings (SSSR count). The molecule has 1 aromatic heterocycles. The molecule has 0 N–H and O–H groups in total. The second kappa shape index (κ2) is 2.84. The lowest BCUT2D eigenvalue weighted by molar-refractivity contribution is -0.138. The maximum atomic E-state index is 12.2. The van der Waals surface area contributed by atoms with E-state index in [-0.39, 0.29) is 11.7 Å². The highest BCUT2D eigenvalue weighted by molar-refractivity contribution is 5.22. The Balaban J connectivity index is 3.08. The smallest absolute Gasteiger partial charge is 0.419 e. The molecule has 0 saturated carbocycles. The lowest BCUT2D eigenvalue weighted by Gasteiger charge is -2.08. The summed E-state index contributed by atoms with van der Waals surface area (Å²) in [7, 11) is 0. The van der Waals surface area contributed by atoms with Crippen molar-refractivity contribution in [3.8, 4) is 0 Å². The van der Waals surface area contributed by atoms with E-state index in [2.05, 4.69) is 0 Å². The zero-order valence-corrected chi connectivity index (χ0v) is 6.77. The minimum absolute atomic E-state index is 0.00231. The quantitative estimate of drug-likeness (QED) is 0.642. The van der Waals surface area contributed by atoms with Crippen LogP contribution in [0.3, 0.4) is 0 Å². The molecule has 0 unspecified atom stereocenters. The fourth-order valence-corrected chi connectivity index (χ4v) is 1.00. The van der Waals surface area contributed by atoms with Crippen molar-refractivity contribution in [3.63, 3.8) is 0 Å². The molecule has 0 spiro atoms. The van der Waals surface area contributed by atoms with E-state index in [9.17, 15) is 13.2 Å². The van der Waals surface area contributed by atoms with E-state index in [1.165, 1.54) is 0 Å². The molecular weight excluding hydrogens is 169 g/mol. The molecule has 1 heterocycles. The molecule has 0 aliphatic rings. The first kappa shape index (κ1) is 9.16. The second-order valence-electron chi connectivity index (χ2n) is 2.85. The molecule has 0 aliphatic heterocycles. The highest BCUT2D eigenvalue weighted by Crippen LogP contribution is 2.35. The lowest BCUT2D eigenvalue weighted by atomic mass is 10.1. The van der Waals surface area contributed by atoms with Gasteiger partial charge in [0.05, 0.1) is 11.8 Å². The van der Waals surface area contributed by atoms with Gasteiger partial charge in [0.15, 0.2) is 0 Å². The monoisotopic (exact) mass is 178 g/mol. The summed E-state index contributed by atoms with van der Waals surface area (Å²) in [5.74, 6) is -0.237. The summed E-state index contributed by atoms with van der Waals surface area (Å²) in [4.78, 5) is 0. The summed E-state index contributed by atoms with van der Waals surface area (Å²) in [5.41, 5.74) is -0.669. The second-order valence-corrected chi connectivity index (χ2v) is 2.85. The van der Waals surface area contributed by atoms with Gasteiger partial charge >= 0.3 is 6.18 Å². The number of furan rings is 1. The van der Waals surface area contributed by atoms with Crippen molar-refractivity contribution in [3.05, 3.63) is 23.7 Å². The molecule has 0 aliphatic carbocycles. The Morgan fingerprint density at radius 3 is 2.25 bits per heavy atom. The third kappa shape index (κ3) is 1.62. The Morgan fingerprint density at radius 1 is 1.33 bits per heavy atom. The Kier molecular flexibility index (Phi) is 2.17. The van der Waals surface area contributed by atoms with Gasteiger partial charge in [-0.1, -0.05) is 13.8 Å². The molecule has 0 saturated heterocycles. The molecule has 68 valence electrons. The minimum Gasteiger partial charge on any atom is -0.468 e. The summed E-state index contributed by atoms with van der Waals surface area (Å²) in [6.45, 7) is 3.32. The van der Waals surface area contributed by atoms with Gasteiger partial charge in [-0.05, 0) is 6.07 Å². The van der Waals surface area contributed by atoms with Crippen LogP contribution in [0, 0.1) is 0 Å². The standard InChI is InChI=1S/C8H9F3O/c1-5(2)7-6(3-4-12-7)8(9,10)11/h3-5H,1-2H3. The summed E-state index contributed by atoms with van der Waals surface area (Å²) in [6, 6.07) is 0.954. The van der Waals surface area contributed by atoms with Crippen LogP contribution in [0.5, 0.6) is 0 Å². The third-order valence-corrected chi connectivity index (χ3v) is 1.52. The van der Waals surface area contributed by atoms with Gasteiger partial charge in [-0.3, -0.25) is 0 Å². The summed E-state index contributed by atoms with van der Waals surface area (Å²) < 4.78 is 41.3. The van der Waals surface area contributed by atoms with E-state index in [1.54, 1.807) is 13.8 Å². The molecule has 1 nitrogen and oxygen atoms in total. The summed E-state index contributed by atoms with van der Waals surface area (Å²) in [5, 5.41) is 0. The highest BCUT2D eigenvalue weighted by Gasteiger charge is 2.35. The highest BCUT2D eigenvalue weighted by atomic mass is 19.4. The van der Waals surface area contributed by atoms with Crippen LogP contribution in [-0.4, -0.2) is 0 Å². The lowest BCUT2D eigenvalue weighted by Crippen LogP contribution is -2.07. The summed E-state index contributed by atoms with van der Waals surface area (Å²) >= 11 is 0. The van der Waals surface area contributed by atoms with Gasteiger partial charge in [-0.15, -0.1) is 0 Å². The Labute approximate surface area is 68.2 Å². The first-order valence-corrected chi connectivity index (χ1v) is 3.57. The normalized spacial score (nSPS) is 12.5. The topological polar surface area (TPSA) is 13.1 Å². The fraction of sp³-hybridized carbons (Fsp3) is 0.500. The molecule has 0 radical (unpaired) electrons. The molecular formula is C8H9F3O. The maximum Gasteiger partial charge on any atom is 0.419 e. The molecule has 0 atom stereocenters. The number of alkyl halides is 3. The number of halogens is 3.